The van der Waals surface area contributed by atoms with E-state index in [0.717, 1.165) is 11.3 Å². The zero-order chi connectivity index (χ0) is 18.7. The van der Waals surface area contributed by atoms with Crippen molar-refractivity contribution in [1.29, 1.82) is 0 Å². The maximum Gasteiger partial charge on any atom is 0.283 e. The predicted molar refractivity (Wildman–Crippen MR) is 107 cm³/mol. The predicted octanol–water partition coefficient (Wildman–Crippen LogP) is 4.46. The number of anilines is 1. The fourth-order valence-corrected chi connectivity index (χ4v) is 3.26. The first-order valence-corrected chi connectivity index (χ1v) is 9.34. The van der Waals surface area contributed by atoms with Gasteiger partial charge in [-0.2, -0.15) is 0 Å². The SMILES string of the molecule is COc1ccc(/C=C2\N=C(SC)N(c3ccc(Cl)c(OC)c3)C2=O)cc1. The van der Waals surface area contributed by atoms with Crippen molar-refractivity contribution in [3.8, 4) is 11.5 Å². The van der Waals surface area contributed by atoms with Gasteiger partial charge in [0.1, 0.15) is 17.2 Å². The molecule has 0 saturated heterocycles. The lowest BCUT2D eigenvalue weighted by Crippen LogP contribution is -2.30. The summed E-state index contributed by atoms with van der Waals surface area (Å²) in [7, 11) is 3.15. The van der Waals surface area contributed by atoms with E-state index in [-0.39, 0.29) is 5.91 Å². The summed E-state index contributed by atoms with van der Waals surface area (Å²) in [6.07, 6.45) is 3.63. The molecule has 1 amide bonds. The first-order chi connectivity index (χ1) is 12.6. The number of carbonyl (C=O) groups excluding carboxylic acids is 1. The van der Waals surface area contributed by atoms with Crippen LogP contribution in [0.25, 0.3) is 6.08 Å². The Morgan fingerprint density at radius 3 is 2.46 bits per heavy atom. The van der Waals surface area contributed by atoms with E-state index < -0.39 is 0 Å². The Bertz CT molecular complexity index is 894. The van der Waals surface area contributed by atoms with E-state index in [0.29, 0.717) is 27.3 Å². The van der Waals surface area contributed by atoms with E-state index in [1.807, 2.05) is 30.5 Å². The fourth-order valence-electron chi connectivity index (χ4n) is 2.51. The quantitative estimate of drug-likeness (QED) is 0.725. The molecule has 0 spiro atoms. The first kappa shape index (κ1) is 18.4. The molecule has 5 nitrogen and oxygen atoms in total. The summed E-state index contributed by atoms with van der Waals surface area (Å²) in [6, 6.07) is 12.6. The molecule has 7 heteroatoms. The lowest BCUT2D eigenvalue weighted by Gasteiger charge is -2.18. The van der Waals surface area contributed by atoms with Gasteiger partial charge in [0.2, 0.25) is 0 Å². The van der Waals surface area contributed by atoms with Crippen LogP contribution in [0.2, 0.25) is 5.02 Å². The molecule has 0 radical (unpaired) electrons. The van der Waals surface area contributed by atoms with Crippen LogP contribution < -0.4 is 14.4 Å². The number of thioether (sulfide) groups is 1. The Morgan fingerprint density at radius 1 is 1.12 bits per heavy atom. The van der Waals surface area contributed by atoms with Gasteiger partial charge in [0.25, 0.3) is 5.91 Å². The van der Waals surface area contributed by atoms with Crippen LogP contribution >= 0.6 is 23.4 Å². The third-order valence-electron chi connectivity index (χ3n) is 3.82. The molecule has 1 heterocycles. The summed E-state index contributed by atoms with van der Waals surface area (Å²) >= 11 is 7.48. The number of rotatable bonds is 4. The minimum atomic E-state index is -0.199. The molecule has 0 N–H and O–H groups in total. The molecule has 0 atom stereocenters. The molecule has 0 unspecified atom stereocenters. The highest BCUT2D eigenvalue weighted by Crippen LogP contribution is 2.34. The van der Waals surface area contributed by atoms with Gasteiger partial charge in [-0.25, -0.2) is 4.99 Å². The van der Waals surface area contributed by atoms with Crippen molar-refractivity contribution in [3.63, 3.8) is 0 Å². The van der Waals surface area contributed by atoms with Gasteiger partial charge >= 0.3 is 0 Å². The van der Waals surface area contributed by atoms with Crippen molar-refractivity contribution in [1.82, 2.24) is 0 Å². The molecule has 0 saturated carbocycles. The van der Waals surface area contributed by atoms with Crippen molar-refractivity contribution >= 4 is 46.2 Å². The summed E-state index contributed by atoms with van der Waals surface area (Å²) in [5.41, 5.74) is 1.89. The molecule has 26 heavy (non-hydrogen) atoms. The van der Waals surface area contributed by atoms with Crippen LogP contribution in [0.15, 0.2) is 53.2 Å². The van der Waals surface area contributed by atoms with Crippen LogP contribution in [0.4, 0.5) is 5.69 Å². The van der Waals surface area contributed by atoms with E-state index in [2.05, 4.69) is 4.99 Å². The number of nitrogens with zero attached hydrogens (tertiary/aromatic N) is 2. The van der Waals surface area contributed by atoms with Gasteiger partial charge < -0.3 is 9.47 Å². The average Bonchev–Trinajstić information content (AvgIpc) is 2.98. The van der Waals surface area contributed by atoms with E-state index in [1.54, 1.807) is 36.3 Å². The number of aliphatic imine (C=N–C) groups is 1. The molecule has 134 valence electrons. The van der Waals surface area contributed by atoms with Crippen molar-refractivity contribution < 1.29 is 14.3 Å². The second-order valence-corrected chi connectivity index (χ2v) is 6.54. The number of amidine groups is 1. The van der Waals surface area contributed by atoms with E-state index in [1.165, 1.54) is 18.9 Å². The van der Waals surface area contributed by atoms with Crippen LogP contribution in [-0.2, 0) is 4.79 Å². The Labute approximate surface area is 161 Å². The third-order valence-corrected chi connectivity index (χ3v) is 4.78. The van der Waals surface area contributed by atoms with Crippen molar-refractivity contribution in [2.45, 2.75) is 0 Å². The lowest BCUT2D eigenvalue weighted by atomic mass is 10.2. The molecule has 3 rings (SSSR count). The second kappa shape index (κ2) is 7.85. The van der Waals surface area contributed by atoms with Crippen LogP contribution in [0, 0.1) is 0 Å². The van der Waals surface area contributed by atoms with Gasteiger partial charge in [-0.05, 0) is 42.2 Å². The molecule has 0 fully saturated rings. The minimum absolute atomic E-state index is 0.199. The number of hydrogen-bond donors (Lipinski definition) is 0. The molecule has 2 aromatic carbocycles. The van der Waals surface area contributed by atoms with Crippen LogP contribution in [0.1, 0.15) is 5.56 Å². The normalized spacial score (nSPS) is 15.4. The molecular formula is C19H17ClN2O3S. The number of methoxy groups -OCH3 is 2. The number of benzene rings is 2. The van der Waals surface area contributed by atoms with Gasteiger partial charge in [-0.1, -0.05) is 35.5 Å². The Hall–Kier alpha value is -2.44. The number of amides is 1. The van der Waals surface area contributed by atoms with Crippen molar-refractivity contribution in [2.24, 2.45) is 4.99 Å². The first-order valence-electron chi connectivity index (χ1n) is 7.74. The number of halogens is 1. The summed E-state index contributed by atoms with van der Waals surface area (Å²) in [5, 5.41) is 1.08. The fraction of sp³-hybridized carbons (Fsp3) is 0.158. The lowest BCUT2D eigenvalue weighted by molar-refractivity contribution is -0.113. The van der Waals surface area contributed by atoms with Gasteiger partial charge in [-0.3, -0.25) is 9.69 Å². The Morgan fingerprint density at radius 2 is 1.85 bits per heavy atom. The molecular weight excluding hydrogens is 372 g/mol. The standard InChI is InChI=1S/C19H17ClN2O3S/c1-24-14-7-4-12(5-8-14)10-16-18(23)22(19(21-16)26-3)13-6-9-15(20)17(11-13)25-2/h4-11H,1-3H3/b16-10-. The topological polar surface area (TPSA) is 51.1 Å². The van der Waals surface area contributed by atoms with Crippen molar-refractivity contribution in [2.75, 3.05) is 25.4 Å². The Balaban J connectivity index is 1.95. The summed E-state index contributed by atoms with van der Waals surface area (Å²) in [4.78, 5) is 18.9. The van der Waals surface area contributed by atoms with Crippen molar-refractivity contribution in [3.05, 3.63) is 58.7 Å². The summed E-state index contributed by atoms with van der Waals surface area (Å²) in [6.45, 7) is 0. The van der Waals surface area contributed by atoms with Gasteiger partial charge in [0.15, 0.2) is 5.17 Å². The van der Waals surface area contributed by atoms with E-state index in [4.69, 9.17) is 21.1 Å². The van der Waals surface area contributed by atoms with Crippen LogP contribution in [0.3, 0.4) is 0 Å². The molecule has 0 aromatic heterocycles. The van der Waals surface area contributed by atoms with Gasteiger partial charge in [0, 0.05) is 6.07 Å². The number of ether oxygens (including phenoxy) is 2. The highest BCUT2D eigenvalue weighted by molar-refractivity contribution is 8.13. The summed E-state index contributed by atoms with van der Waals surface area (Å²) < 4.78 is 10.4. The number of hydrogen-bond acceptors (Lipinski definition) is 5. The minimum Gasteiger partial charge on any atom is -0.497 e. The zero-order valence-corrected chi connectivity index (χ0v) is 16.1. The molecule has 1 aliphatic rings. The molecule has 0 bridgehead atoms. The summed E-state index contributed by atoms with van der Waals surface area (Å²) in [5.74, 6) is 1.06. The van der Waals surface area contributed by atoms with Gasteiger partial charge in [-0.15, -0.1) is 0 Å². The molecule has 1 aliphatic heterocycles. The van der Waals surface area contributed by atoms with Crippen LogP contribution in [-0.4, -0.2) is 31.6 Å². The second-order valence-electron chi connectivity index (χ2n) is 5.36. The number of carbonyl (C=O) groups is 1. The van der Waals surface area contributed by atoms with E-state index >= 15 is 0 Å². The maximum atomic E-state index is 12.9. The highest BCUT2D eigenvalue weighted by Gasteiger charge is 2.31. The molecule has 2 aromatic rings. The smallest absolute Gasteiger partial charge is 0.283 e. The zero-order valence-electron chi connectivity index (χ0n) is 14.5. The average molecular weight is 389 g/mol. The largest absolute Gasteiger partial charge is 0.497 e. The van der Waals surface area contributed by atoms with Gasteiger partial charge in [0.05, 0.1) is 24.9 Å². The monoisotopic (exact) mass is 388 g/mol. The Kier molecular flexibility index (Phi) is 5.54. The molecule has 0 aliphatic carbocycles. The van der Waals surface area contributed by atoms with Crippen LogP contribution in [0.5, 0.6) is 11.5 Å². The highest BCUT2D eigenvalue weighted by atomic mass is 35.5. The third kappa shape index (κ3) is 3.57. The van der Waals surface area contributed by atoms with E-state index in [9.17, 15) is 4.79 Å². The maximum absolute atomic E-state index is 12.9.